The van der Waals surface area contributed by atoms with Gasteiger partial charge in [-0.15, -0.1) is 0 Å². The molecule has 28 heavy (non-hydrogen) atoms. The van der Waals surface area contributed by atoms with E-state index >= 15 is 0 Å². The fourth-order valence-electron chi connectivity index (χ4n) is 6.10. The molecular weight excluding hydrogens is 350 g/mol. The van der Waals surface area contributed by atoms with Crippen LogP contribution in [0.2, 0.25) is 0 Å². The number of nitrogens with zero attached hydrogens (tertiary/aromatic N) is 1. The summed E-state index contributed by atoms with van der Waals surface area (Å²) >= 11 is 0. The van der Waals surface area contributed by atoms with E-state index in [0.29, 0.717) is 17.8 Å². The Bertz CT molecular complexity index is 548. The van der Waals surface area contributed by atoms with E-state index in [1.165, 1.54) is 44.3 Å². The zero-order chi connectivity index (χ0) is 19.3. The number of hydrogen-bond donors (Lipinski definition) is 2. The zero-order valence-electron chi connectivity index (χ0n) is 17.3. The largest absolute Gasteiger partial charge is 0.392 e. The first-order chi connectivity index (χ1) is 13.7. The maximum Gasteiger partial charge on any atom is 0.0749 e. The summed E-state index contributed by atoms with van der Waals surface area (Å²) in [5.74, 6) is 1.78. The Morgan fingerprint density at radius 2 is 1.89 bits per heavy atom. The molecule has 158 valence electrons. The van der Waals surface area contributed by atoms with Crippen LogP contribution in [0.1, 0.15) is 57.8 Å². The van der Waals surface area contributed by atoms with Crippen LogP contribution in [-0.2, 0) is 4.74 Å². The molecule has 0 aromatic rings. The average molecular weight is 390 g/mol. The van der Waals surface area contributed by atoms with Gasteiger partial charge in [0.25, 0.3) is 0 Å². The zero-order valence-corrected chi connectivity index (χ0v) is 17.3. The molecule has 0 radical (unpaired) electrons. The highest BCUT2D eigenvalue weighted by Crippen LogP contribution is 2.50. The van der Waals surface area contributed by atoms with Crippen molar-refractivity contribution in [3.8, 4) is 0 Å². The van der Waals surface area contributed by atoms with Gasteiger partial charge in [0.1, 0.15) is 0 Å². The Hall–Kier alpha value is -0.680. The van der Waals surface area contributed by atoms with Crippen molar-refractivity contribution < 1.29 is 14.9 Å². The number of hydrogen-bond acceptors (Lipinski definition) is 4. The first-order valence-corrected chi connectivity index (χ1v) is 11.7. The van der Waals surface area contributed by atoms with Gasteiger partial charge in [0.2, 0.25) is 0 Å². The number of rotatable bonds is 8. The van der Waals surface area contributed by atoms with Crippen LogP contribution in [0.15, 0.2) is 23.8 Å². The van der Waals surface area contributed by atoms with E-state index in [1.54, 1.807) is 0 Å². The van der Waals surface area contributed by atoms with Gasteiger partial charge in [-0.25, -0.2) is 0 Å². The van der Waals surface area contributed by atoms with Gasteiger partial charge >= 0.3 is 0 Å². The van der Waals surface area contributed by atoms with Crippen molar-refractivity contribution in [3.05, 3.63) is 23.8 Å². The van der Waals surface area contributed by atoms with Gasteiger partial charge in [-0.3, -0.25) is 0 Å². The second-order valence-corrected chi connectivity index (χ2v) is 9.62. The molecule has 4 heteroatoms. The fourth-order valence-corrected chi connectivity index (χ4v) is 6.10. The van der Waals surface area contributed by atoms with Gasteiger partial charge in [0, 0.05) is 12.5 Å². The third-order valence-corrected chi connectivity index (χ3v) is 7.76. The monoisotopic (exact) mass is 389 g/mol. The number of likely N-dealkylation sites (tertiary alicyclic amines) is 1. The van der Waals surface area contributed by atoms with Crippen LogP contribution >= 0.6 is 0 Å². The molecule has 4 rings (SSSR count). The van der Waals surface area contributed by atoms with Gasteiger partial charge in [-0.05, 0) is 75.8 Å². The predicted octanol–water partition coefficient (Wildman–Crippen LogP) is 3.54. The molecule has 0 bridgehead atoms. The molecule has 4 nitrogen and oxygen atoms in total. The average Bonchev–Trinajstić information content (AvgIpc) is 3.46. The van der Waals surface area contributed by atoms with Crippen LogP contribution < -0.4 is 0 Å². The normalized spacial score (nSPS) is 36.9. The Morgan fingerprint density at radius 3 is 2.68 bits per heavy atom. The summed E-state index contributed by atoms with van der Waals surface area (Å²) in [6.45, 7) is 5.10. The summed E-state index contributed by atoms with van der Waals surface area (Å²) in [5.41, 5.74) is 1.51. The molecule has 0 unspecified atom stereocenters. The van der Waals surface area contributed by atoms with Gasteiger partial charge in [-0.1, -0.05) is 36.6 Å². The summed E-state index contributed by atoms with van der Waals surface area (Å²) in [6, 6.07) is 0. The second kappa shape index (κ2) is 9.88. The quantitative estimate of drug-likeness (QED) is 0.492. The highest BCUT2D eigenvalue weighted by atomic mass is 16.5. The topological polar surface area (TPSA) is 52.9 Å². The molecule has 2 N–H and O–H groups in total. The van der Waals surface area contributed by atoms with Crippen LogP contribution in [0.5, 0.6) is 0 Å². The van der Waals surface area contributed by atoms with E-state index in [1.807, 2.05) is 6.08 Å². The minimum Gasteiger partial charge on any atom is -0.392 e. The van der Waals surface area contributed by atoms with Crippen LogP contribution in [0.25, 0.3) is 0 Å². The molecule has 0 amide bonds. The summed E-state index contributed by atoms with van der Waals surface area (Å²) in [5, 5.41) is 21.0. The number of ether oxygens (including phenoxy) is 1. The van der Waals surface area contributed by atoms with Crippen molar-refractivity contribution in [1.82, 2.24) is 4.90 Å². The predicted molar refractivity (Wildman–Crippen MR) is 112 cm³/mol. The molecule has 0 aromatic carbocycles. The lowest BCUT2D eigenvalue weighted by atomic mass is 9.89. The van der Waals surface area contributed by atoms with E-state index in [4.69, 9.17) is 4.74 Å². The van der Waals surface area contributed by atoms with Crippen molar-refractivity contribution in [3.63, 3.8) is 0 Å². The lowest BCUT2D eigenvalue weighted by Gasteiger charge is -2.19. The smallest absolute Gasteiger partial charge is 0.0749 e. The maximum absolute atomic E-state index is 10.5. The molecule has 0 spiro atoms. The summed E-state index contributed by atoms with van der Waals surface area (Å²) in [7, 11) is 0. The second-order valence-electron chi connectivity index (χ2n) is 9.62. The molecule has 4 aliphatic rings. The summed E-state index contributed by atoms with van der Waals surface area (Å²) < 4.78 is 5.85. The number of allylic oxidation sites excluding steroid dienone is 1. The molecule has 3 aliphatic carbocycles. The molecule has 0 aromatic heterocycles. The fraction of sp³-hybridized carbons (Fsp3) is 0.833. The van der Waals surface area contributed by atoms with E-state index in [0.717, 1.165) is 51.9 Å². The van der Waals surface area contributed by atoms with Crippen LogP contribution in [0, 0.1) is 23.7 Å². The van der Waals surface area contributed by atoms with Crippen molar-refractivity contribution in [2.45, 2.75) is 70.0 Å². The number of fused-ring (bicyclic) bond motifs is 1. The van der Waals surface area contributed by atoms with E-state index in [-0.39, 0.29) is 18.1 Å². The van der Waals surface area contributed by atoms with Crippen LogP contribution in [0.4, 0.5) is 0 Å². The lowest BCUT2D eigenvalue weighted by Crippen LogP contribution is -2.24. The third-order valence-electron chi connectivity index (χ3n) is 7.76. The Labute approximate surface area is 170 Å². The molecule has 1 aliphatic heterocycles. The van der Waals surface area contributed by atoms with Crippen molar-refractivity contribution >= 4 is 0 Å². The van der Waals surface area contributed by atoms with Gasteiger partial charge in [0.05, 0.1) is 25.4 Å². The molecule has 1 heterocycles. The third kappa shape index (κ3) is 5.08. The number of aliphatic hydroxyl groups is 2. The van der Waals surface area contributed by atoms with Crippen LogP contribution in [0.3, 0.4) is 0 Å². The first-order valence-electron chi connectivity index (χ1n) is 11.7. The minimum atomic E-state index is -0.325. The molecule has 4 fully saturated rings. The molecule has 1 saturated heterocycles. The molecule has 3 saturated carbocycles. The van der Waals surface area contributed by atoms with Crippen molar-refractivity contribution in [2.75, 3.05) is 32.8 Å². The van der Waals surface area contributed by atoms with E-state index in [2.05, 4.69) is 17.1 Å². The van der Waals surface area contributed by atoms with Gasteiger partial charge in [0.15, 0.2) is 0 Å². The molecular formula is C24H39NO3. The summed E-state index contributed by atoms with van der Waals surface area (Å²) in [6.07, 6.45) is 16.5. The van der Waals surface area contributed by atoms with Gasteiger partial charge < -0.3 is 19.8 Å². The van der Waals surface area contributed by atoms with Crippen molar-refractivity contribution in [2.24, 2.45) is 23.7 Å². The maximum atomic E-state index is 10.5. The van der Waals surface area contributed by atoms with Crippen molar-refractivity contribution in [1.29, 1.82) is 0 Å². The Balaban J connectivity index is 1.22. The highest BCUT2D eigenvalue weighted by molar-refractivity contribution is 5.18. The Kier molecular flexibility index (Phi) is 7.27. The highest BCUT2D eigenvalue weighted by Gasteiger charge is 2.45. The summed E-state index contributed by atoms with van der Waals surface area (Å²) in [4.78, 5) is 2.49. The number of aliphatic hydroxyl groups excluding tert-OH is 2. The van der Waals surface area contributed by atoms with Gasteiger partial charge in [-0.2, -0.15) is 0 Å². The van der Waals surface area contributed by atoms with Crippen LogP contribution in [-0.4, -0.2) is 60.2 Å². The lowest BCUT2D eigenvalue weighted by molar-refractivity contribution is 0.132. The van der Waals surface area contributed by atoms with E-state index in [9.17, 15) is 10.2 Å². The SMILES string of the molecule is O[C@@H]1C[C@@H]2CC(=CCOCCN3CCCC3)C[C@@H]2[C@H]1/C=C/[C@H](O)C1CCCC1. The standard InChI is InChI=1S/C24H39NO3/c26-23(19-5-1-2-6-19)8-7-21-22-16-18(15-20(22)17-24(21)27)9-13-28-14-12-25-10-3-4-11-25/h7-9,19-24,26-27H,1-6,10-17H2/b8-7+,18-9?/t20-,21+,22-,23-,24+/m0/s1. The first kappa shape index (κ1) is 20.6. The Morgan fingerprint density at radius 1 is 1.11 bits per heavy atom. The van der Waals surface area contributed by atoms with E-state index < -0.39 is 0 Å². The minimum absolute atomic E-state index is 0.211. The molecule has 5 atom stereocenters.